The molecule has 0 bridgehead atoms. The van der Waals surface area contributed by atoms with E-state index in [4.69, 9.17) is 0 Å². The predicted octanol–water partition coefficient (Wildman–Crippen LogP) is 0.912. The molecule has 8 heteroatoms. The minimum Gasteiger partial charge on any atom is -0.355 e. The maximum atomic E-state index is 13.1. The van der Waals surface area contributed by atoms with Crippen LogP contribution in [0.4, 0.5) is 8.78 Å². The van der Waals surface area contributed by atoms with E-state index in [0.717, 1.165) is 18.6 Å². The summed E-state index contributed by atoms with van der Waals surface area (Å²) in [5.74, 6) is -2.79. The lowest BCUT2D eigenvalue weighted by Gasteiger charge is -2.15. The van der Waals surface area contributed by atoms with Crippen LogP contribution in [-0.2, 0) is 14.8 Å². The Morgan fingerprint density at radius 2 is 1.95 bits per heavy atom. The number of benzene rings is 1. The first-order valence-electron chi connectivity index (χ1n) is 6.15. The van der Waals surface area contributed by atoms with E-state index in [9.17, 15) is 22.0 Å². The van der Waals surface area contributed by atoms with Crippen LogP contribution in [0.1, 0.15) is 19.3 Å². The second-order valence-electron chi connectivity index (χ2n) is 4.54. The van der Waals surface area contributed by atoms with Crippen LogP contribution in [0.2, 0.25) is 0 Å². The summed E-state index contributed by atoms with van der Waals surface area (Å²) < 4.78 is 52.2. The van der Waals surface area contributed by atoms with E-state index in [-0.39, 0.29) is 0 Å². The van der Waals surface area contributed by atoms with Crippen LogP contribution in [0, 0.1) is 11.6 Å². The molecule has 20 heavy (non-hydrogen) atoms. The van der Waals surface area contributed by atoms with Crippen molar-refractivity contribution in [2.24, 2.45) is 0 Å². The number of hydrogen-bond donors (Lipinski definition) is 2. The van der Waals surface area contributed by atoms with Gasteiger partial charge in [0.2, 0.25) is 15.9 Å². The molecule has 1 aliphatic heterocycles. The summed E-state index contributed by atoms with van der Waals surface area (Å²) >= 11 is 0. The molecule has 1 amide bonds. The first-order valence-corrected chi connectivity index (χ1v) is 7.63. The van der Waals surface area contributed by atoms with Gasteiger partial charge in [-0.2, -0.15) is 4.72 Å². The fraction of sp³-hybridized carbons (Fsp3) is 0.417. The third kappa shape index (κ3) is 3.31. The number of amides is 1. The second kappa shape index (κ2) is 5.84. The van der Waals surface area contributed by atoms with E-state index in [2.05, 4.69) is 10.0 Å². The number of nitrogens with one attached hydrogen (secondary N) is 2. The Labute approximate surface area is 115 Å². The van der Waals surface area contributed by atoms with Gasteiger partial charge < -0.3 is 5.32 Å². The van der Waals surface area contributed by atoms with Crippen LogP contribution in [0.3, 0.4) is 0 Å². The Kier molecular flexibility index (Phi) is 4.34. The molecule has 1 atom stereocenters. The van der Waals surface area contributed by atoms with Gasteiger partial charge in [-0.1, -0.05) is 0 Å². The van der Waals surface area contributed by atoms with Crippen LogP contribution in [-0.4, -0.2) is 26.9 Å². The SMILES string of the molecule is O=C1NCCCC[C@@H]1NS(=O)(=O)c1ccc(F)c(F)c1. The van der Waals surface area contributed by atoms with Crippen molar-refractivity contribution in [3.05, 3.63) is 29.8 Å². The highest BCUT2D eigenvalue weighted by Gasteiger charge is 2.27. The van der Waals surface area contributed by atoms with Crippen LogP contribution < -0.4 is 10.0 Å². The van der Waals surface area contributed by atoms with Gasteiger partial charge in [-0.25, -0.2) is 17.2 Å². The number of hydrogen-bond acceptors (Lipinski definition) is 3. The van der Waals surface area contributed by atoms with E-state index < -0.39 is 38.5 Å². The number of sulfonamides is 1. The minimum atomic E-state index is -4.07. The summed E-state index contributed by atoms with van der Waals surface area (Å²) in [5.41, 5.74) is 0. The van der Waals surface area contributed by atoms with Crippen molar-refractivity contribution < 1.29 is 22.0 Å². The van der Waals surface area contributed by atoms with E-state index in [1.807, 2.05) is 0 Å². The summed E-state index contributed by atoms with van der Waals surface area (Å²) in [6.45, 7) is 0.502. The molecule has 1 aromatic rings. The van der Waals surface area contributed by atoms with Gasteiger partial charge in [-0.15, -0.1) is 0 Å². The van der Waals surface area contributed by atoms with Gasteiger partial charge in [0.05, 0.1) is 4.90 Å². The molecule has 0 saturated carbocycles. The van der Waals surface area contributed by atoms with Crippen LogP contribution in [0.25, 0.3) is 0 Å². The Morgan fingerprint density at radius 1 is 1.20 bits per heavy atom. The second-order valence-corrected chi connectivity index (χ2v) is 6.25. The maximum absolute atomic E-state index is 13.1. The zero-order chi connectivity index (χ0) is 14.8. The third-order valence-electron chi connectivity index (χ3n) is 3.03. The monoisotopic (exact) mass is 304 g/mol. The van der Waals surface area contributed by atoms with Gasteiger partial charge in [0, 0.05) is 6.54 Å². The number of halogens is 2. The van der Waals surface area contributed by atoms with Crippen molar-refractivity contribution >= 4 is 15.9 Å². The number of carbonyl (C=O) groups is 1. The zero-order valence-electron chi connectivity index (χ0n) is 10.5. The highest BCUT2D eigenvalue weighted by atomic mass is 32.2. The van der Waals surface area contributed by atoms with E-state index >= 15 is 0 Å². The van der Waals surface area contributed by atoms with Crippen molar-refractivity contribution in [3.8, 4) is 0 Å². The topological polar surface area (TPSA) is 75.3 Å². The molecule has 2 rings (SSSR count). The van der Waals surface area contributed by atoms with Crippen LogP contribution in [0.15, 0.2) is 23.1 Å². The Bertz CT molecular complexity index is 619. The van der Waals surface area contributed by atoms with Gasteiger partial charge in [0.1, 0.15) is 6.04 Å². The van der Waals surface area contributed by atoms with Crippen molar-refractivity contribution in [2.45, 2.75) is 30.2 Å². The van der Waals surface area contributed by atoms with Crippen LogP contribution in [0.5, 0.6) is 0 Å². The summed E-state index contributed by atoms with van der Waals surface area (Å²) in [6.07, 6.45) is 1.84. The molecule has 110 valence electrons. The first-order chi connectivity index (χ1) is 9.40. The molecule has 1 heterocycles. The van der Waals surface area contributed by atoms with Gasteiger partial charge in [0.25, 0.3) is 0 Å². The number of rotatable bonds is 3. The number of carbonyl (C=O) groups excluding carboxylic acids is 1. The normalized spacial score (nSPS) is 20.3. The molecule has 0 aliphatic carbocycles. The summed E-state index contributed by atoms with van der Waals surface area (Å²) in [5, 5.41) is 2.59. The van der Waals surface area contributed by atoms with Crippen molar-refractivity contribution in [3.63, 3.8) is 0 Å². The molecule has 1 aromatic carbocycles. The lowest BCUT2D eigenvalue weighted by Crippen LogP contribution is -2.45. The molecule has 0 spiro atoms. The fourth-order valence-electron chi connectivity index (χ4n) is 1.95. The molecular formula is C12H14F2N2O3S. The van der Waals surface area contributed by atoms with E-state index in [0.29, 0.717) is 25.5 Å². The quantitative estimate of drug-likeness (QED) is 0.871. The highest BCUT2D eigenvalue weighted by Crippen LogP contribution is 2.15. The Hall–Kier alpha value is -1.54. The van der Waals surface area contributed by atoms with Crippen LogP contribution >= 0.6 is 0 Å². The fourth-order valence-corrected chi connectivity index (χ4v) is 3.19. The molecular weight excluding hydrogens is 290 g/mol. The summed E-state index contributed by atoms with van der Waals surface area (Å²) in [4.78, 5) is 11.3. The van der Waals surface area contributed by atoms with Gasteiger partial charge in [-0.05, 0) is 37.5 Å². The minimum absolute atomic E-state index is 0.370. The zero-order valence-corrected chi connectivity index (χ0v) is 11.3. The van der Waals surface area contributed by atoms with Gasteiger partial charge >= 0.3 is 0 Å². The predicted molar refractivity (Wildman–Crippen MR) is 67.3 cm³/mol. The largest absolute Gasteiger partial charge is 0.355 e. The standard InChI is InChI=1S/C12H14F2N2O3S/c13-9-5-4-8(7-10(9)14)20(18,19)16-11-3-1-2-6-15-12(11)17/h4-5,7,11,16H,1-3,6H2,(H,15,17)/t11-/m0/s1. The van der Waals surface area contributed by atoms with E-state index in [1.165, 1.54) is 0 Å². The molecule has 2 N–H and O–H groups in total. The average Bonchev–Trinajstić information content (AvgIpc) is 2.58. The van der Waals surface area contributed by atoms with Crippen molar-refractivity contribution in [2.75, 3.05) is 6.54 Å². The Balaban J connectivity index is 2.21. The van der Waals surface area contributed by atoms with E-state index in [1.54, 1.807) is 0 Å². The maximum Gasteiger partial charge on any atom is 0.241 e. The van der Waals surface area contributed by atoms with Gasteiger partial charge in [-0.3, -0.25) is 4.79 Å². The molecule has 1 aliphatic rings. The molecule has 0 unspecified atom stereocenters. The smallest absolute Gasteiger partial charge is 0.241 e. The molecule has 0 aromatic heterocycles. The first kappa shape index (κ1) is 14.9. The molecule has 0 radical (unpaired) electrons. The molecule has 1 fully saturated rings. The third-order valence-corrected chi connectivity index (χ3v) is 4.50. The van der Waals surface area contributed by atoms with Gasteiger partial charge in [0.15, 0.2) is 11.6 Å². The highest BCUT2D eigenvalue weighted by molar-refractivity contribution is 7.89. The average molecular weight is 304 g/mol. The lowest BCUT2D eigenvalue weighted by atomic mass is 10.1. The van der Waals surface area contributed by atoms with Crippen molar-refractivity contribution in [1.29, 1.82) is 0 Å². The summed E-state index contributed by atoms with van der Waals surface area (Å²) in [7, 11) is -4.07. The molecule has 1 saturated heterocycles. The molecule has 5 nitrogen and oxygen atoms in total. The summed E-state index contributed by atoms with van der Waals surface area (Å²) in [6, 6.07) is 1.38. The Morgan fingerprint density at radius 3 is 2.65 bits per heavy atom. The van der Waals surface area contributed by atoms with Crippen molar-refractivity contribution in [1.82, 2.24) is 10.0 Å². The lowest BCUT2D eigenvalue weighted by molar-refractivity contribution is -0.122.